The van der Waals surface area contributed by atoms with E-state index in [1.165, 1.54) is 22.3 Å². The minimum atomic E-state index is 0.139. The smallest absolute Gasteiger partial charge is 0.163 e. The highest BCUT2D eigenvalue weighted by molar-refractivity contribution is 6.04. The molecule has 0 N–H and O–H groups in total. The number of aryl methyl sites for hydroxylation is 1. The Kier molecular flexibility index (Phi) is 2.97. The largest absolute Gasteiger partial charge is 0.295 e. The molecule has 102 valence electrons. The summed E-state index contributed by atoms with van der Waals surface area (Å²) in [6.45, 7) is 5.76. The molecule has 0 spiro atoms. The molecule has 1 aromatic rings. The van der Waals surface area contributed by atoms with Crippen LogP contribution in [0.5, 0.6) is 0 Å². The third-order valence-electron chi connectivity index (χ3n) is 4.41. The van der Waals surface area contributed by atoms with E-state index in [4.69, 9.17) is 0 Å². The SMILES string of the molecule is CC(=O)C1=CC(C)=C(c2c(C)ccc3c2CCC3=O)C1. The Balaban J connectivity index is 2.12. The Labute approximate surface area is 119 Å². The fourth-order valence-electron chi connectivity index (χ4n) is 3.32. The van der Waals surface area contributed by atoms with Crippen molar-refractivity contribution in [3.05, 3.63) is 51.6 Å². The van der Waals surface area contributed by atoms with Crippen molar-refractivity contribution in [2.45, 2.75) is 40.0 Å². The molecule has 0 heterocycles. The predicted octanol–water partition coefficient (Wildman–Crippen LogP) is 3.82. The quantitative estimate of drug-likeness (QED) is 0.815. The van der Waals surface area contributed by atoms with Crippen LogP contribution in [0.1, 0.15) is 53.7 Å². The third-order valence-corrected chi connectivity index (χ3v) is 4.41. The van der Waals surface area contributed by atoms with Crippen LogP contribution in [0.2, 0.25) is 0 Å². The molecule has 0 aliphatic heterocycles. The second-order valence-electron chi connectivity index (χ2n) is 5.77. The van der Waals surface area contributed by atoms with Gasteiger partial charge in [-0.1, -0.05) is 18.2 Å². The average molecular weight is 266 g/mol. The maximum Gasteiger partial charge on any atom is 0.163 e. The van der Waals surface area contributed by atoms with E-state index >= 15 is 0 Å². The van der Waals surface area contributed by atoms with E-state index in [1.54, 1.807) is 6.92 Å². The molecule has 2 aliphatic carbocycles. The van der Waals surface area contributed by atoms with Crippen LogP contribution in [0, 0.1) is 6.92 Å². The molecule has 0 aromatic heterocycles. The lowest BCUT2D eigenvalue weighted by Gasteiger charge is -2.14. The van der Waals surface area contributed by atoms with Crippen molar-refractivity contribution in [2.24, 2.45) is 0 Å². The van der Waals surface area contributed by atoms with Gasteiger partial charge in [0.1, 0.15) is 0 Å². The number of hydrogen-bond donors (Lipinski definition) is 0. The Morgan fingerprint density at radius 3 is 2.55 bits per heavy atom. The number of hydrogen-bond acceptors (Lipinski definition) is 2. The number of Topliss-reactive ketones (excluding diaryl/α,β-unsaturated/α-hetero) is 2. The lowest BCUT2D eigenvalue weighted by atomic mass is 9.89. The number of rotatable bonds is 2. The first-order valence-corrected chi connectivity index (χ1v) is 7.06. The van der Waals surface area contributed by atoms with E-state index in [0.717, 1.165) is 23.1 Å². The van der Waals surface area contributed by atoms with E-state index < -0.39 is 0 Å². The standard InChI is InChI=1S/C18H18O2/c1-10-4-5-14-15(6-7-17(14)20)18(10)16-9-13(12(3)19)8-11(16)2/h4-5,8H,6-7,9H2,1-3H3. The first kappa shape index (κ1) is 13.0. The molecule has 0 radical (unpaired) electrons. The zero-order valence-electron chi connectivity index (χ0n) is 12.2. The summed E-state index contributed by atoms with van der Waals surface area (Å²) in [5.74, 6) is 0.387. The Morgan fingerprint density at radius 1 is 1.15 bits per heavy atom. The molecule has 0 bridgehead atoms. The minimum absolute atomic E-state index is 0.139. The minimum Gasteiger partial charge on any atom is -0.295 e. The maximum atomic E-state index is 11.9. The third kappa shape index (κ3) is 1.87. The lowest BCUT2D eigenvalue weighted by Crippen LogP contribution is -2.00. The van der Waals surface area contributed by atoms with Crippen molar-refractivity contribution in [3.8, 4) is 0 Å². The van der Waals surface area contributed by atoms with Crippen molar-refractivity contribution in [1.82, 2.24) is 0 Å². The van der Waals surface area contributed by atoms with Crippen LogP contribution in [0.3, 0.4) is 0 Å². The van der Waals surface area contributed by atoms with Gasteiger partial charge in [-0.05, 0) is 60.6 Å². The maximum absolute atomic E-state index is 11.9. The molecule has 1 aromatic carbocycles. The second kappa shape index (κ2) is 4.55. The Morgan fingerprint density at radius 2 is 1.90 bits per heavy atom. The van der Waals surface area contributed by atoms with Gasteiger partial charge >= 0.3 is 0 Å². The molecule has 0 unspecified atom stereocenters. The van der Waals surface area contributed by atoms with Crippen LogP contribution < -0.4 is 0 Å². The summed E-state index contributed by atoms with van der Waals surface area (Å²) in [5, 5.41) is 0. The van der Waals surface area contributed by atoms with Gasteiger partial charge in [0.15, 0.2) is 11.6 Å². The number of carbonyl (C=O) groups is 2. The monoisotopic (exact) mass is 266 g/mol. The summed E-state index contributed by atoms with van der Waals surface area (Å²) in [6.07, 6.45) is 4.14. The van der Waals surface area contributed by atoms with Gasteiger partial charge in [0.05, 0.1) is 0 Å². The normalized spacial score (nSPS) is 17.6. The van der Waals surface area contributed by atoms with Crippen molar-refractivity contribution in [1.29, 1.82) is 0 Å². The van der Waals surface area contributed by atoms with Gasteiger partial charge in [-0.3, -0.25) is 9.59 Å². The zero-order chi connectivity index (χ0) is 14.4. The number of ketones is 2. The van der Waals surface area contributed by atoms with E-state index in [0.29, 0.717) is 12.8 Å². The summed E-state index contributed by atoms with van der Waals surface area (Å²) in [5.41, 5.74) is 7.72. The van der Waals surface area contributed by atoms with Crippen molar-refractivity contribution in [3.63, 3.8) is 0 Å². The molecule has 0 fully saturated rings. The van der Waals surface area contributed by atoms with Gasteiger partial charge in [-0.2, -0.15) is 0 Å². The summed E-state index contributed by atoms with van der Waals surface area (Å²) in [4.78, 5) is 23.5. The van der Waals surface area contributed by atoms with Crippen LogP contribution in [-0.2, 0) is 11.2 Å². The van der Waals surface area contributed by atoms with E-state index in [1.807, 2.05) is 18.2 Å². The van der Waals surface area contributed by atoms with Crippen LogP contribution in [0.4, 0.5) is 0 Å². The van der Waals surface area contributed by atoms with Crippen molar-refractivity contribution in [2.75, 3.05) is 0 Å². The van der Waals surface area contributed by atoms with Crippen molar-refractivity contribution < 1.29 is 9.59 Å². The number of carbonyl (C=O) groups excluding carboxylic acids is 2. The lowest BCUT2D eigenvalue weighted by molar-refractivity contribution is -0.113. The van der Waals surface area contributed by atoms with Gasteiger partial charge in [-0.15, -0.1) is 0 Å². The molecular formula is C18H18O2. The first-order chi connectivity index (χ1) is 9.49. The Bertz CT molecular complexity index is 702. The predicted molar refractivity (Wildman–Crippen MR) is 79.8 cm³/mol. The summed E-state index contributed by atoms with van der Waals surface area (Å²) >= 11 is 0. The highest BCUT2D eigenvalue weighted by atomic mass is 16.1. The molecule has 0 atom stereocenters. The topological polar surface area (TPSA) is 34.1 Å². The van der Waals surface area contributed by atoms with Crippen LogP contribution in [-0.4, -0.2) is 11.6 Å². The van der Waals surface area contributed by atoms with Gasteiger partial charge in [0.25, 0.3) is 0 Å². The molecule has 2 nitrogen and oxygen atoms in total. The fraction of sp³-hybridized carbons (Fsp3) is 0.333. The summed E-state index contributed by atoms with van der Waals surface area (Å²) < 4.78 is 0. The molecule has 0 saturated carbocycles. The number of fused-ring (bicyclic) bond motifs is 1. The molecule has 2 heteroatoms. The second-order valence-corrected chi connectivity index (χ2v) is 5.77. The van der Waals surface area contributed by atoms with Crippen LogP contribution >= 0.6 is 0 Å². The molecule has 20 heavy (non-hydrogen) atoms. The molecule has 2 aliphatic rings. The summed E-state index contributed by atoms with van der Waals surface area (Å²) in [7, 11) is 0. The fourth-order valence-corrected chi connectivity index (χ4v) is 3.32. The van der Waals surface area contributed by atoms with E-state index in [-0.39, 0.29) is 11.6 Å². The summed E-state index contributed by atoms with van der Waals surface area (Å²) in [6, 6.07) is 3.98. The van der Waals surface area contributed by atoms with Gasteiger partial charge < -0.3 is 0 Å². The molecular weight excluding hydrogens is 248 g/mol. The molecule has 0 amide bonds. The molecule has 3 rings (SSSR count). The van der Waals surface area contributed by atoms with Gasteiger partial charge in [0.2, 0.25) is 0 Å². The van der Waals surface area contributed by atoms with Gasteiger partial charge in [0, 0.05) is 18.4 Å². The highest BCUT2D eigenvalue weighted by Crippen LogP contribution is 2.40. The van der Waals surface area contributed by atoms with Crippen LogP contribution in [0.15, 0.2) is 29.4 Å². The average Bonchev–Trinajstić information content (AvgIpc) is 2.94. The Hall–Kier alpha value is -1.96. The first-order valence-electron chi connectivity index (χ1n) is 7.06. The molecule has 0 saturated heterocycles. The van der Waals surface area contributed by atoms with Gasteiger partial charge in [-0.25, -0.2) is 0 Å². The van der Waals surface area contributed by atoms with E-state index in [9.17, 15) is 9.59 Å². The number of allylic oxidation sites excluding steroid dienone is 4. The number of benzene rings is 1. The van der Waals surface area contributed by atoms with Crippen molar-refractivity contribution >= 4 is 17.1 Å². The zero-order valence-corrected chi connectivity index (χ0v) is 12.2. The van der Waals surface area contributed by atoms with Crippen LogP contribution in [0.25, 0.3) is 5.57 Å². The highest BCUT2D eigenvalue weighted by Gasteiger charge is 2.27. The van der Waals surface area contributed by atoms with E-state index in [2.05, 4.69) is 13.8 Å².